The number of rotatable bonds is 7. The maximum atomic E-state index is 11.9. The molecule has 1 aromatic rings. The molecule has 0 fully saturated rings. The molecule has 20 heavy (non-hydrogen) atoms. The fourth-order valence-electron chi connectivity index (χ4n) is 2.16. The molecule has 0 aromatic heterocycles. The van der Waals surface area contributed by atoms with Crippen LogP contribution in [0.4, 0.5) is 0 Å². The average molecular weight is 277 g/mol. The smallest absolute Gasteiger partial charge is 0.222 e. The molecule has 0 radical (unpaired) electrons. The van der Waals surface area contributed by atoms with Crippen LogP contribution < -0.4 is 5.32 Å². The van der Waals surface area contributed by atoms with E-state index in [0.717, 1.165) is 5.56 Å². The zero-order valence-electron chi connectivity index (χ0n) is 13.3. The summed E-state index contributed by atoms with van der Waals surface area (Å²) in [5, 5.41) is 3.10. The summed E-state index contributed by atoms with van der Waals surface area (Å²) in [6.07, 6.45) is 0.407. The van der Waals surface area contributed by atoms with Crippen LogP contribution in [0.25, 0.3) is 0 Å². The highest BCUT2D eigenvalue weighted by Gasteiger charge is 2.18. The zero-order chi connectivity index (χ0) is 15.1. The zero-order valence-corrected chi connectivity index (χ0v) is 13.3. The van der Waals surface area contributed by atoms with E-state index in [1.807, 2.05) is 0 Å². The van der Waals surface area contributed by atoms with Gasteiger partial charge in [-0.3, -0.25) is 4.79 Å². The third-order valence-corrected chi connectivity index (χ3v) is 3.48. The van der Waals surface area contributed by atoms with Crippen LogP contribution in [0.3, 0.4) is 0 Å². The highest BCUT2D eigenvalue weighted by atomic mass is 16.5. The monoisotopic (exact) mass is 277 g/mol. The van der Waals surface area contributed by atoms with Crippen molar-refractivity contribution in [3.8, 4) is 0 Å². The number of benzene rings is 1. The molecule has 3 heteroatoms. The van der Waals surface area contributed by atoms with Crippen LogP contribution in [0.5, 0.6) is 0 Å². The van der Waals surface area contributed by atoms with E-state index >= 15 is 0 Å². The van der Waals surface area contributed by atoms with Gasteiger partial charge < -0.3 is 10.1 Å². The molecule has 0 saturated carbocycles. The molecule has 0 heterocycles. The number of amides is 1. The summed E-state index contributed by atoms with van der Waals surface area (Å²) in [6.45, 7) is 9.07. The van der Waals surface area contributed by atoms with Gasteiger partial charge in [-0.25, -0.2) is 0 Å². The second-order valence-corrected chi connectivity index (χ2v) is 5.85. The quantitative estimate of drug-likeness (QED) is 0.826. The first kappa shape index (κ1) is 16.7. The predicted molar refractivity (Wildman–Crippen MR) is 82.7 cm³/mol. The molecule has 0 aliphatic heterocycles. The average Bonchev–Trinajstić information content (AvgIpc) is 2.42. The number of ether oxygens (including phenoxy) is 1. The molecule has 1 amide bonds. The molecule has 112 valence electrons. The van der Waals surface area contributed by atoms with E-state index in [-0.39, 0.29) is 11.9 Å². The first-order chi connectivity index (χ1) is 9.45. The van der Waals surface area contributed by atoms with E-state index in [4.69, 9.17) is 4.74 Å². The van der Waals surface area contributed by atoms with Gasteiger partial charge >= 0.3 is 0 Å². The Morgan fingerprint density at radius 2 is 1.65 bits per heavy atom. The predicted octanol–water partition coefficient (Wildman–Crippen LogP) is 3.66. The molecule has 0 bridgehead atoms. The minimum atomic E-state index is 0.0403. The van der Waals surface area contributed by atoms with Crippen LogP contribution in [0.15, 0.2) is 24.3 Å². The van der Waals surface area contributed by atoms with Gasteiger partial charge in [0.2, 0.25) is 5.91 Å². The van der Waals surface area contributed by atoms with E-state index in [9.17, 15) is 4.79 Å². The van der Waals surface area contributed by atoms with Crippen LogP contribution >= 0.6 is 0 Å². The number of nitrogens with one attached hydrogen (secondary N) is 1. The van der Waals surface area contributed by atoms with Crippen molar-refractivity contribution >= 4 is 5.91 Å². The van der Waals surface area contributed by atoms with Crippen molar-refractivity contribution < 1.29 is 9.53 Å². The Bertz CT molecular complexity index is 410. The van der Waals surface area contributed by atoms with Gasteiger partial charge in [0, 0.05) is 13.5 Å². The van der Waals surface area contributed by atoms with Crippen LogP contribution in [0.2, 0.25) is 0 Å². The topological polar surface area (TPSA) is 38.3 Å². The number of methoxy groups -OCH3 is 1. The molecule has 1 aromatic carbocycles. The second-order valence-electron chi connectivity index (χ2n) is 5.85. The fraction of sp³-hybridized carbons (Fsp3) is 0.588. The Hall–Kier alpha value is -1.35. The van der Waals surface area contributed by atoms with Gasteiger partial charge in [0.15, 0.2) is 0 Å². The van der Waals surface area contributed by atoms with Crippen LogP contribution in [-0.2, 0) is 9.53 Å². The lowest BCUT2D eigenvalue weighted by atomic mass is 9.93. The Balaban J connectivity index is 2.77. The van der Waals surface area contributed by atoms with Crippen LogP contribution in [0, 0.1) is 5.92 Å². The van der Waals surface area contributed by atoms with Gasteiger partial charge in [-0.05, 0) is 23.0 Å². The highest BCUT2D eigenvalue weighted by Crippen LogP contribution is 2.24. The highest BCUT2D eigenvalue weighted by molar-refractivity contribution is 5.76. The van der Waals surface area contributed by atoms with Gasteiger partial charge in [-0.1, -0.05) is 52.0 Å². The number of carbonyl (C=O) groups is 1. The molecule has 1 rings (SSSR count). The molecule has 1 N–H and O–H groups in total. The maximum Gasteiger partial charge on any atom is 0.222 e. The van der Waals surface area contributed by atoms with Crippen molar-refractivity contribution in [2.75, 3.05) is 13.7 Å². The van der Waals surface area contributed by atoms with Crippen molar-refractivity contribution in [3.63, 3.8) is 0 Å². The summed E-state index contributed by atoms with van der Waals surface area (Å²) >= 11 is 0. The van der Waals surface area contributed by atoms with E-state index in [2.05, 4.69) is 57.3 Å². The molecule has 0 spiro atoms. The maximum absolute atomic E-state index is 11.9. The van der Waals surface area contributed by atoms with Gasteiger partial charge in [0.1, 0.15) is 0 Å². The minimum absolute atomic E-state index is 0.0403. The lowest BCUT2D eigenvalue weighted by molar-refractivity contribution is -0.123. The van der Waals surface area contributed by atoms with E-state index in [0.29, 0.717) is 24.9 Å². The number of hydrogen-bond donors (Lipinski definition) is 1. The molecule has 1 unspecified atom stereocenters. The lowest BCUT2D eigenvalue weighted by Crippen LogP contribution is -2.32. The third-order valence-electron chi connectivity index (χ3n) is 3.48. The number of carbonyl (C=O) groups excluding carboxylic acids is 1. The van der Waals surface area contributed by atoms with Gasteiger partial charge in [-0.15, -0.1) is 0 Å². The Morgan fingerprint density at radius 1 is 1.10 bits per heavy atom. The molecule has 3 nitrogen and oxygen atoms in total. The van der Waals surface area contributed by atoms with Crippen LogP contribution in [-0.4, -0.2) is 19.6 Å². The second kappa shape index (κ2) is 8.05. The molecule has 0 aliphatic carbocycles. The van der Waals surface area contributed by atoms with Gasteiger partial charge in [0.05, 0.1) is 12.6 Å². The fourth-order valence-corrected chi connectivity index (χ4v) is 2.16. The van der Waals surface area contributed by atoms with Crippen molar-refractivity contribution in [1.29, 1.82) is 0 Å². The summed E-state index contributed by atoms with van der Waals surface area (Å²) in [5.74, 6) is 0.919. The largest absolute Gasteiger partial charge is 0.384 e. The normalized spacial score (nSPS) is 12.8. The first-order valence-electron chi connectivity index (χ1n) is 7.33. The van der Waals surface area contributed by atoms with Crippen molar-refractivity contribution in [2.45, 2.75) is 46.1 Å². The molecule has 0 aliphatic rings. The molecular formula is C17H27NO2. The van der Waals surface area contributed by atoms with Crippen molar-refractivity contribution in [3.05, 3.63) is 35.4 Å². The van der Waals surface area contributed by atoms with Gasteiger partial charge in [-0.2, -0.15) is 0 Å². The number of hydrogen-bond acceptors (Lipinski definition) is 2. The van der Waals surface area contributed by atoms with Crippen molar-refractivity contribution in [1.82, 2.24) is 5.32 Å². The van der Waals surface area contributed by atoms with E-state index < -0.39 is 0 Å². The first-order valence-corrected chi connectivity index (χ1v) is 7.33. The Morgan fingerprint density at radius 3 is 2.10 bits per heavy atom. The van der Waals surface area contributed by atoms with E-state index in [1.54, 1.807) is 7.11 Å². The Kier molecular flexibility index (Phi) is 6.73. The van der Waals surface area contributed by atoms with E-state index in [1.165, 1.54) is 5.56 Å². The summed E-state index contributed by atoms with van der Waals surface area (Å²) in [5.41, 5.74) is 2.48. The molecule has 0 saturated heterocycles. The van der Waals surface area contributed by atoms with Crippen LogP contribution in [0.1, 0.15) is 57.2 Å². The summed E-state index contributed by atoms with van der Waals surface area (Å²) in [4.78, 5) is 11.9. The molecule has 1 atom stereocenters. The third kappa shape index (κ3) is 4.97. The van der Waals surface area contributed by atoms with Gasteiger partial charge in [0.25, 0.3) is 0 Å². The summed E-state index contributed by atoms with van der Waals surface area (Å²) < 4.78 is 4.94. The minimum Gasteiger partial charge on any atom is -0.384 e. The lowest BCUT2D eigenvalue weighted by Gasteiger charge is -2.23. The Labute approximate surface area is 122 Å². The van der Waals surface area contributed by atoms with Crippen molar-refractivity contribution in [2.24, 2.45) is 5.92 Å². The standard InChI is InChI=1S/C17H27NO2/c1-12(2)14-6-8-15(9-7-14)17(13(3)4)18-16(19)10-11-20-5/h6-9,12-13,17H,10-11H2,1-5H3,(H,18,19). The summed E-state index contributed by atoms with van der Waals surface area (Å²) in [6, 6.07) is 8.60. The molecular weight excluding hydrogens is 250 g/mol. The summed E-state index contributed by atoms with van der Waals surface area (Å²) in [7, 11) is 1.61. The SMILES string of the molecule is COCCC(=O)NC(c1ccc(C(C)C)cc1)C(C)C.